The van der Waals surface area contributed by atoms with Crippen molar-refractivity contribution in [3.8, 4) is 0 Å². The summed E-state index contributed by atoms with van der Waals surface area (Å²) in [6.07, 6.45) is 0. The number of carbonyl (C=O) groups excluding carboxylic acids is 2. The van der Waals surface area contributed by atoms with Crippen LogP contribution >= 0.6 is 0 Å². The van der Waals surface area contributed by atoms with E-state index in [1.807, 2.05) is 0 Å². The lowest BCUT2D eigenvalue weighted by molar-refractivity contribution is 0.0992. The van der Waals surface area contributed by atoms with Crippen molar-refractivity contribution in [1.82, 2.24) is 0 Å². The third-order valence-electron chi connectivity index (χ3n) is 2.76. The van der Waals surface area contributed by atoms with E-state index >= 15 is 0 Å². The van der Waals surface area contributed by atoms with E-state index in [0.29, 0.717) is 28.2 Å². The molecule has 0 heterocycles. The van der Waals surface area contributed by atoms with E-state index in [1.165, 1.54) is 0 Å². The normalized spacial score (nSPS) is 10.0. The number of hydrogen-bond donors (Lipinski definition) is 4. The van der Waals surface area contributed by atoms with E-state index in [0.717, 1.165) is 0 Å². The van der Waals surface area contributed by atoms with Crippen molar-refractivity contribution >= 4 is 28.9 Å². The Morgan fingerprint density at radius 1 is 0.900 bits per heavy atom. The molecule has 20 heavy (non-hydrogen) atoms. The van der Waals surface area contributed by atoms with Crippen LogP contribution in [0.5, 0.6) is 0 Å². The minimum atomic E-state index is -0.554. The van der Waals surface area contributed by atoms with Crippen LogP contribution in [0.1, 0.15) is 20.7 Å². The van der Waals surface area contributed by atoms with Crippen LogP contribution < -0.4 is 22.5 Å². The zero-order valence-corrected chi connectivity index (χ0v) is 10.6. The summed E-state index contributed by atoms with van der Waals surface area (Å²) in [4.78, 5) is 22.3. The van der Waals surface area contributed by atoms with Gasteiger partial charge in [0.15, 0.2) is 0 Å². The minimum absolute atomic E-state index is 0.332. The Balaban J connectivity index is 2.31. The van der Waals surface area contributed by atoms with Gasteiger partial charge in [0.1, 0.15) is 0 Å². The van der Waals surface area contributed by atoms with Gasteiger partial charge in [-0.15, -0.1) is 0 Å². The maximum atomic E-state index is 11.3. The van der Waals surface area contributed by atoms with Gasteiger partial charge in [-0.3, -0.25) is 9.59 Å². The predicted molar refractivity (Wildman–Crippen MR) is 77.6 cm³/mol. The summed E-state index contributed by atoms with van der Waals surface area (Å²) < 4.78 is 0. The van der Waals surface area contributed by atoms with Gasteiger partial charge in [0, 0.05) is 16.9 Å². The number of benzene rings is 2. The van der Waals surface area contributed by atoms with Crippen LogP contribution in [-0.4, -0.2) is 11.8 Å². The standard InChI is InChI=1S/C14H14N4O2/c15-9-3-6-11(14(17)20)12(7-9)18-10-4-1-8(2-5-10)13(16)19/h1-7,18H,15H2,(H2,16,19)(H2,17,20). The molecule has 7 N–H and O–H groups in total. The molecular weight excluding hydrogens is 256 g/mol. The van der Waals surface area contributed by atoms with Crippen molar-refractivity contribution in [2.24, 2.45) is 11.5 Å². The zero-order chi connectivity index (χ0) is 14.7. The maximum absolute atomic E-state index is 11.3. The number of amides is 2. The molecule has 0 aromatic heterocycles. The van der Waals surface area contributed by atoms with Crippen LogP contribution in [0.15, 0.2) is 42.5 Å². The summed E-state index contributed by atoms with van der Waals surface area (Å²) in [6.45, 7) is 0. The molecule has 0 aliphatic carbocycles. The highest BCUT2D eigenvalue weighted by molar-refractivity contribution is 6.00. The number of nitrogens with two attached hydrogens (primary N) is 3. The molecule has 2 rings (SSSR count). The monoisotopic (exact) mass is 270 g/mol. The van der Waals surface area contributed by atoms with Crippen LogP contribution in [0.25, 0.3) is 0 Å². The molecule has 0 bridgehead atoms. The second kappa shape index (κ2) is 5.31. The van der Waals surface area contributed by atoms with E-state index < -0.39 is 11.8 Å². The van der Waals surface area contributed by atoms with Gasteiger partial charge in [0.05, 0.1) is 11.3 Å². The second-order valence-electron chi connectivity index (χ2n) is 4.24. The molecular formula is C14H14N4O2. The summed E-state index contributed by atoms with van der Waals surface area (Å²) in [5.41, 5.74) is 18.6. The van der Waals surface area contributed by atoms with Gasteiger partial charge in [-0.25, -0.2) is 0 Å². The Morgan fingerprint density at radius 3 is 2.10 bits per heavy atom. The van der Waals surface area contributed by atoms with Gasteiger partial charge in [0.2, 0.25) is 5.91 Å². The SMILES string of the molecule is NC(=O)c1ccc(Nc2cc(N)ccc2C(N)=O)cc1. The number of anilines is 3. The van der Waals surface area contributed by atoms with Crippen molar-refractivity contribution in [3.63, 3.8) is 0 Å². The first-order valence-corrected chi connectivity index (χ1v) is 5.83. The molecule has 2 aromatic carbocycles. The lowest BCUT2D eigenvalue weighted by Gasteiger charge is -2.11. The molecule has 0 aliphatic heterocycles. The smallest absolute Gasteiger partial charge is 0.250 e. The average Bonchev–Trinajstić information content (AvgIpc) is 2.39. The van der Waals surface area contributed by atoms with Gasteiger partial charge in [-0.05, 0) is 42.5 Å². The second-order valence-corrected chi connectivity index (χ2v) is 4.24. The number of nitrogens with one attached hydrogen (secondary N) is 1. The van der Waals surface area contributed by atoms with Crippen LogP contribution in [0, 0.1) is 0 Å². The van der Waals surface area contributed by atoms with Gasteiger partial charge in [0.25, 0.3) is 5.91 Å². The van der Waals surface area contributed by atoms with Crippen molar-refractivity contribution in [2.75, 3.05) is 11.1 Å². The highest BCUT2D eigenvalue weighted by atomic mass is 16.1. The van der Waals surface area contributed by atoms with Crippen molar-refractivity contribution in [1.29, 1.82) is 0 Å². The number of rotatable bonds is 4. The largest absolute Gasteiger partial charge is 0.399 e. The molecule has 102 valence electrons. The van der Waals surface area contributed by atoms with Gasteiger partial charge >= 0.3 is 0 Å². The van der Waals surface area contributed by atoms with E-state index in [1.54, 1.807) is 42.5 Å². The average molecular weight is 270 g/mol. The molecule has 2 amide bonds. The Morgan fingerprint density at radius 2 is 1.55 bits per heavy atom. The summed E-state index contributed by atoms with van der Waals surface area (Å²) in [7, 11) is 0. The van der Waals surface area contributed by atoms with E-state index in [9.17, 15) is 9.59 Å². The molecule has 6 nitrogen and oxygen atoms in total. The lowest BCUT2D eigenvalue weighted by Crippen LogP contribution is -2.13. The first kappa shape index (κ1) is 13.4. The predicted octanol–water partition coefficient (Wildman–Crippen LogP) is 1.21. The van der Waals surface area contributed by atoms with Gasteiger partial charge < -0.3 is 22.5 Å². The first-order valence-electron chi connectivity index (χ1n) is 5.83. The summed E-state index contributed by atoms with van der Waals surface area (Å²) in [6, 6.07) is 11.3. The van der Waals surface area contributed by atoms with Crippen LogP contribution in [-0.2, 0) is 0 Å². The fourth-order valence-corrected chi connectivity index (χ4v) is 1.75. The van der Waals surface area contributed by atoms with Gasteiger partial charge in [-0.1, -0.05) is 0 Å². The van der Waals surface area contributed by atoms with Gasteiger partial charge in [-0.2, -0.15) is 0 Å². The first-order chi connectivity index (χ1) is 9.47. The molecule has 2 aromatic rings. The van der Waals surface area contributed by atoms with Crippen LogP contribution in [0.2, 0.25) is 0 Å². The molecule has 0 aliphatic rings. The summed E-state index contributed by atoms with van der Waals surface area (Å²) in [5, 5.41) is 3.03. The highest BCUT2D eigenvalue weighted by Crippen LogP contribution is 2.23. The number of hydrogen-bond acceptors (Lipinski definition) is 4. The molecule has 0 atom stereocenters. The Bertz CT molecular complexity index is 665. The van der Waals surface area contributed by atoms with Crippen molar-refractivity contribution in [3.05, 3.63) is 53.6 Å². The number of carbonyl (C=O) groups is 2. The van der Waals surface area contributed by atoms with Crippen molar-refractivity contribution in [2.45, 2.75) is 0 Å². The number of primary amides is 2. The van der Waals surface area contributed by atoms with Crippen molar-refractivity contribution < 1.29 is 9.59 Å². The molecule has 0 saturated heterocycles. The molecule has 0 fully saturated rings. The number of nitrogen functional groups attached to an aromatic ring is 1. The lowest BCUT2D eigenvalue weighted by atomic mass is 10.1. The minimum Gasteiger partial charge on any atom is -0.399 e. The third kappa shape index (κ3) is 2.86. The quantitative estimate of drug-likeness (QED) is 0.623. The molecule has 0 radical (unpaired) electrons. The third-order valence-corrected chi connectivity index (χ3v) is 2.76. The molecule has 0 unspecified atom stereocenters. The molecule has 0 spiro atoms. The Kier molecular flexibility index (Phi) is 3.56. The zero-order valence-electron chi connectivity index (χ0n) is 10.6. The molecule has 0 saturated carbocycles. The van der Waals surface area contributed by atoms with Crippen LogP contribution in [0.3, 0.4) is 0 Å². The molecule has 6 heteroatoms. The fourth-order valence-electron chi connectivity index (χ4n) is 1.75. The van der Waals surface area contributed by atoms with E-state index in [4.69, 9.17) is 17.2 Å². The Hall–Kier alpha value is -3.02. The Labute approximate surface area is 115 Å². The fraction of sp³-hybridized carbons (Fsp3) is 0. The summed E-state index contributed by atoms with van der Waals surface area (Å²) >= 11 is 0. The summed E-state index contributed by atoms with van der Waals surface area (Å²) in [5.74, 6) is -1.06. The maximum Gasteiger partial charge on any atom is 0.250 e. The van der Waals surface area contributed by atoms with E-state index in [-0.39, 0.29) is 0 Å². The topological polar surface area (TPSA) is 124 Å². The van der Waals surface area contributed by atoms with E-state index in [2.05, 4.69) is 5.32 Å². The highest BCUT2D eigenvalue weighted by Gasteiger charge is 2.09. The van der Waals surface area contributed by atoms with Crippen LogP contribution in [0.4, 0.5) is 17.1 Å².